The summed E-state index contributed by atoms with van der Waals surface area (Å²) in [5.41, 5.74) is 2.31. The number of ketones is 2. The van der Waals surface area contributed by atoms with Gasteiger partial charge in [-0.15, -0.1) is 0 Å². The first kappa shape index (κ1) is 8.65. The highest BCUT2D eigenvalue weighted by atomic mass is 16.1. The van der Waals surface area contributed by atoms with Gasteiger partial charge in [-0.3, -0.25) is 9.59 Å². The predicted molar refractivity (Wildman–Crippen MR) is 55.2 cm³/mol. The van der Waals surface area contributed by atoms with E-state index in [0.29, 0.717) is 11.1 Å². The maximum Gasteiger partial charge on any atom is 0.188 e. The second-order valence-electron chi connectivity index (χ2n) is 4.08. The summed E-state index contributed by atoms with van der Waals surface area (Å²) in [7, 11) is 0. The van der Waals surface area contributed by atoms with Crippen molar-refractivity contribution < 1.29 is 9.59 Å². The van der Waals surface area contributed by atoms with Gasteiger partial charge < -0.3 is 4.57 Å². The van der Waals surface area contributed by atoms with Gasteiger partial charge in [0, 0.05) is 18.4 Å². The topological polar surface area (TPSA) is 39.1 Å². The molecule has 3 rings (SSSR count). The van der Waals surface area contributed by atoms with Crippen molar-refractivity contribution in [2.24, 2.45) is 0 Å². The van der Waals surface area contributed by atoms with Crippen molar-refractivity contribution in [1.82, 2.24) is 4.57 Å². The van der Waals surface area contributed by atoms with Crippen LogP contribution in [0.1, 0.15) is 39.3 Å². The molecule has 76 valence electrons. The molecule has 0 radical (unpaired) electrons. The van der Waals surface area contributed by atoms with Gasteiger partial charge >= 0.3 is 0 Å². The van der Waals surface area contributed by atoms with Gasteiger partial charge in [-0.1, -0.05) is 0 Å². The molecular weight excluding hydrogens is 190 g/mol. The molecule has 1 aliphatic carbocycles. The van der Waals surface area contributed by atoms with Crippen molar-refractivity contribution >= 4 is 11.6 Å². The molecule has 0 bridgehead atoms. The van der Waals surface area contributed by atoms with Crippen molar-refractivity contribution in [3.63, 3.8) is 0 Å². The van der Waals surface area contributed by atoms with E-state index in [1.165, 1.54) is 12.2 Å². The van der Waals surface area contributed by atoms with Gasteiger partial charge in [0.05, 0.1) is 11.1 Å². The van der Waals surface area contributed by atoms with Gasteiger partial charge in [-0.2, -0.15) is 0 Å². The van der Waals surface area contributed by atoms with E-state index in [4.69, 9.17) is 0 Å². The average Bonchev–Trinajstić information content (AvgIpc) is 2.64. The molecule has 2 aliphatic rings. The summed E-state index contributed by atoms with van der Waals surface area (Å²) in [4.78, 5) is 23.3. The van der Waals surface area contributed by atoms with Crippen molar-refractivity contribution in [2.75, 3.05) is 0 Å². The summed E-state index contributed by atoms with van der Waals surface area (Å²) in [6.45, 7) is 0.933. The van der Waals surface area contributed by atoms with E-state index < -0.39 is 0 Å². The molecule has 0 unspecified atom stereocenters. The Morgan fingerprint density at radius 2 is 1.87 bits per heavy atom. The first-order valence-electron chi connectivity index (χ1n) is 5.26. The zero-order valence-corrected chi connectivity index (χ0v) is 8.32. The molecule has 1 aromatic heterocycles. The molecule has 3 nitrogen and oxygen atoms in total. The van der Waals surface area contributed by atoms with E-state index in [-0.39, 0.29) is 11.6 Å². The third kappa shape index (κ3) is 1.12. The predicted octanol–water partition coefficient (Wildman–Crippen LogP) is 1.76. The van der Waals surface area contributed by atoms with Crippen LogP contribution >= 0.6 is 0 Å². The van der Waals surface area contributed by atoms with E-state index in [9.17, 15) is 9.59 Å². The number of rotatable bonds is 0. The number of hydrogen-bond donors (Lipinski definition) is 0. The van der Waals surface area contributed by atoms with Crippen LogP contribution in [0.2, 0.25) is 0 Å². The number of hydrogen-bond acceptors (Lipinski definition) is 2. The highest BCUT2D eigenvalue weighted by Crippen LogP contribution is 2.27. The van der Waals surface area contributed by atoms with Crippen molar-refractivity contribution in [1.29, 1.82) is 0 Å². The van der Waals surface area contributed by atoms with Gasteiger partial charge in [0.2, 0.25) is 0 Å². The normalized spacial score (nSPS) is 18.9. The molecule has 0 atom stereocenters. The lowest BCUT2D eigenvalue weighted by Crippen LogP contribution is -2.14. The number of aromatic nitrogens is 1. The van der Waals surface area contributed by atoms with E-state index in [0.717, 1.165) is 31.5 Å². The zero-order chi connectivity index (χ0) is 10.4. The Bertz CT molecular complexity index is 494. The summed E-state index contributed by atoms with van der Waals surface area (Å²) in [6, 6.07) is 0. The Morgan fingerprint density at radius 3 is 2.73 bits per heavy atom. The van der Waals surface area contributed by atoms with Crippen LogP contribution < -0.4 is 0 Å². The monoisotopic (exact) mass is 201 g/mol. The third-order valence-corrected chi connectivity index (χ3v) is 3.15. The van der Waals surface area contributed by atoms with Crippen molar-refractivity contribution in [2.45, 2.75) is 25.8 Å². The maximum atomic E-state index is 11.7. The fourth-order valence-corrected chi connectivity index (χ4v) is 2.43. The fourth-order valence-electron chi connectivity index (χ4n) is 2.43. The maximum absolute atomic E-state index is 11.7. The molecule has 1 aliphatic heterocycles. The Labute approximate surface area is 87.4 Å². The second kappa shape index (κ2) is 2.92. The van der Waals surface area contributed by atoms with Crippen LogP contribution in [0.4, 0.5) is 0 Å². The number of nitrogens with zero attached hydrogens (tertiary/aromatic N) is 1. The van der Waals surface area contributed by atoms with Crippen LogP contribution in [0.15, 0.2) is 18.3 Å². The van der Waals surface area contributed by atoms with Crippen LogP contribution in [0.5, 0.6) is 0 Å². The molecule has 2 heterocycles. The highest BCUT2D eigenvalue weighted by Gasteiger charge is 2.27. The van der Waals surface area contributed by atoms with Gasteiger partial charge in [0.25, 0.3) is 0 Å². The Morgan fingerprint density at radius 1 is 1.07 bits per heavy atom. The molecule has 0 aromatic carbocycles. The number of carbonyl (C=O) groups is 2. The van der Waals surface area contributed by atoms with Crippen LogP contribution in [0, 0.1) is 0 Å². The van der Waals surface area contributed by atoms with Gasteiger partial charge in [0.1, 0.15) is 0 Å². The van der Waals surface area contributed by atoms with E-state index in [2.05, 4.69) is 4.57 Å². The largest absolute Gasteiger partial charge is 0.350 e. The Hall–Kier alpha value is -1.64. The standard InChI is InChI=1S/C12H11NO2/c14-10-4-5-11(15)12-8(10)7-13-6-2-1-3-9(12)13/h4-5,7H,1-3,6H2. The zero-order valence-electron chi connectivity index (χ0n) is 8.32. The number of aryl methyl sites for hydroxylation is 1. The van der Waals surface area contributed by atoms with Gasteiger partial charge in [-0.25, -0.2) is 0 Å². The lowest BCUT2D eigenvalue weighted by molar-refractivity contribution is 0.0994. The molecule has 15 heavy (non-hydrogen) atoms. The van der Waals surface area contributed by atoms with Crippen LogP contribution in [-0.4, -0.2) is 16.1 Å². The lowest BCUT2D eigenvalue weighted by Gasteiger charge is -2.15. The van der Waals surface area contributed by atoms with Crippen molar-refractivity contribution in [3.8, 4) is 0 Å². The molecule has 0 spiro atoms. The number of carbonyl (C=O) groups excluding carboxylic acids is 2. The van der Waals surface area contributed by atoms with E-state index in [1.807, 2.05) is 6.20 Å². The summed E-state index contributed by atoms with van der Waals surface area (Å²) in [5.74, 6) is -0.0493. The molecular formula is C12H11NO2. The molecule has 3 heteroatoms. The average molecular weight is 201 g/mol. The fraction of sp³-hybridized carbons (Fsp3) is 0.333. The minimum Gasteiger partial charge on any atom is -0.350 e. The summed E-state index contributed by atoms with van der Waals surface area (Å²) < 4.78 is 2.07. The first-order valence-corrected chi connectivity index (χ1v) is 5.26. The van der Waals surface area contributed by atoms with E-state index >= 15 is 0 Å². The Balaban J connectivity index is 2.25. The van der Waals surface area contributed by atoms with Gasteiger partial charge in [-0.05, 0) is 31.4 Å². The van der Waals surface area contributed by atoms with Gasteiger partial charge in [0.15, 0.2) is 11.6 Å². The van der Waals surface area contributed by atoms with E-state index in [1.54, 1.807) is 0 Å². The summed E-state index contributed by atoms with van der Waals surface area (Å²) >= 11 is 0. The number of fused-ring (bicyclic) bond motifs is 3. The summed E-state index contributed by atoms with van der Waals surface area (Å²) in [5, 5.41) is 0. The Kier molecular flexibility index (Phi) is 1.69. The molecule has 0 amide bonds. The third-order valence-electron chi connectivity index (χ3n) is 3.15. The smallest absolute Gasteiger partial charge is 0.188 e. The molecule has 0 fully saturated rings. The minimum atomic E-state index is -0.0356. The minimum absolute atomic E-state index is 0.0137. The molecule has 0 N–H and O–H groups in total. The number of allylic oxidation sites excluding steroid dienone is 2. The van der Waals surface area contributed by atoms with Crippen LogP contribution in [0.25, 0.3) is 0 Å². The van der Waals surface area contributed by atoms with Crippen molar-refractivity contribution in [3.05, 3.63) is 35.2 Å². The molecule has 1 aromatic rings. The molecule has 0 saturated heterocycles. The highest BCUT2D eigenvalue weighted by molar-refractivity contribution is 6.22. The van der Waals surface area contributed by atoms with Crippen LogP contribution in [-0.2, 0) is 13.0 Å². The lowest BCUT2D eigenvalue weighted by atomic mass is 9.95. The van der Waals surface area contributed by atoms with Crippen LogP contribution in [0.3, 0.4) is 0 Å². The quantitative estimate of drug-likeness (QED) is 0.641. The SMILES string of the molecule is O=C1C=CC(=O)c2c1cn1c2CCCC1. The first-order chi connectivity index (χ1) is 7.27. The molecule has 0 saturated carbocycles. The summed E-state index contributed by atoms with van der Waals surface area (Å²) in [6.07, 6.45) is 7.77. The second-order valence-corrected chi connectivity index (χ2v) is 4.08.